The van der Waals surface area contributed by atoms with E-state index in [1.54, 1.807) is 0 Å². The molecule has 0 aliphatic carbocycles. The standard InChI is InChI=1S/C14H18F2O2/c1-8-3-4-11(13(16)12(8)15)14(17)10-5-6-18-7-9(10)2/h3-4,9-10,14,17H,5-7H2,1-2H3. The van der Waals surface area contributed by atoms with E-state index in [0.29, 0.717) is 19.6 Å². The summed E-state index contributed by atoms with van der Waals surface area (Å²) in [5, 5.41) is 10.2. The molecule has 0 aromatic heterocycles. The first-order valence-electron chi connectivity index (χ1n) is 6.22. The number of hydrogen-bond acceptors (Lipinski definition) is 2. The lowest BCUT2D eigenvalue weighted by Crippen LogP contribution is -2.30. The molecule has 1 aliphatic rings. The van der Waals surface area contributed by atoms with E-state index in [1.807, 2.05) is 6.92 Å². The Hall–Kier alpha value is -1.00. The number of aliphatic hydroxyl groups is 1. The lowest BCUT2D eigenvalue weighted by Gasteiger charge is -2.32. The van der Waals surface area contributed by atoms with Crippen molar-refractivity contribution >= 4 is 0 Å². The summed E-state index contributed by atoms with van der Waals surface area (Å²) in [6, 6.07) is 2.97. The fourth-order valence-electron chi connectivity index (χ4n) is 2.49. The van der Waals surface area contributed by atoms with Gasteiger partial charge in [0.25, 0.3) is 0 Å². The quantitative estimate of drug-likeness (QED) is 0.881. The van der Waals surface area contributed by atoms with Gasteiger partial charge in [-0.3, -0.25) is 0 Å². The maximum absolute atomic E-state index is 13.8. The minimum atomic E-state index is -0.973. The predicted molar refractivity (Wildman–Crippen MR) is 64.1 cm³/mol. The SMILES string of the molecule is Cc1ccc(C(O)C2CCOCC2C)c(F)c1F. The molecule has 1 fully saturated rings. The summed E-state index contributed by atoms with van der Waals surface area (Å²) in [5.74, 6) is -1.75. The van der Waals surface area contributed by atoms with E-state index in [9.17, 15) is 13.9 Å². The fourth-order valence-corrected chi connectivity index (χ4v) is 2.49. The molecule has 1 aromatic rings. The van der Waals surface area contributed by atoms with E-state index in [0.717, 1.165) is 0 Å². The third kappa shape index (κ3) is 2.40. The second-order valence-corrected chi connectivity index (χ2v) is 5.05. The van der Waals surface area contributed by atoms with Crippen LogP contribution in [0.4, 0.5) is 8.78 Å². The van der Waals surface area contributed by atoms with E-state index in [-0.39, 0.29) is 23.0 Å². The topological polar surface area (TPSA) is 29.5 Å². The van der Waals surface area contributed by atoms with Crippen LogP contribution < -0.4 is 0 Å². The normalized spacial score (nSPS) is 26.1. The molecular weight excluding hydrogens is 238 g/mol. The summed E-state index contributed by atoms with van der Waals surface area (Å²) in [6.45, 7) is 4.57. The van der Waals surface area contributed by atoms with E-state index in [1.165, 1.54) is 19.1 Å². The Kier molecular flexibility index (Phi) is 3.97. The molecule has 2 rings (SSSR count). The molecule has 1 N–H and O–H groups in total. The van der Waals surface area contributed by atoms with Gasteiger partial charge >= 0.3 is 0 Å². The summed E-state index contributed by atoms with van der Waals surface area (Å²) < 4.78 is 32.6. The summed E-state index contributed by atoms with van der Waals surface area (Å²) in [5.41, 5.74) is 0.306. The van der Waals surface area contributed by atoms with Gasteiger partial charge < -0.3 is 9.84 Å². The highest BCUT2D eigenvalue weighted by Crippen LogP contribution is 2.35. The van der Waals surface area contributed by atoms with Crippen molar-refractivity contribution in [2.45, 2.75) is 26.4 Å². The van der Waals surface area contributed by atoms with Crippen LogP contribution in [0.2, 0.25) is 0 Å². The monoisotopic (exact) mass is 256 g/mol. The Morgan fingerprint density at radius 2 is 2.06 bits per heavy atom. The zero-order chi connectivity index (χ0) is 13.3. The lowest BCUT2D eigenvalue weighted by atomic mass is 9.82. The van der Waals surface area contributed by atoms with Crippen molar-refractivity contribution in [3.05, 3.63) is 34.9 Å². The van der Waals surface area contributed by atoms with Gasteiger partial charge in [-0.15, -0.1) is 0 Å². The number of hydrogen-bond donors (Lipinski definition) is 1. The van der Waals surface area contributed by atoms with Crippen LogP contribution in [-0.4, -0.2) is 18.3 Å². The van der Waals surface area contributed by atoms with Crippen LogP contribution in [0.5, 0.6) is 0 Å². The summed E-state index contributed by atoms with van der Waals surface area (Å²) in [7, 11) is 0. The Labute approximate surface area is 106 Å². The van der Waals surface area contributed by atoms with Crippen molar-refractivity contribution in [2.75, 3.05) is 13.2 Å². The fraction of sp³-hybridized carbons (Fsp3) is 0.571. The molecule has 3 unspecified atom stereocenters. The van der Waals surface area contributed by atoms with Crippen molar-refractivity contribution < 1.29 is 18.6 Å². The van der Waals surface area contributed by atoms with Crippen LogP contribution in [-0.2, 0) is 4.74 Å². The molecule has 4 heteroatoms. The van der Waals surface area contributed by atoms with Crippen molar-refractivity contribution in [2.24, 2.45) is 11.8 Å². The number of ether oxygens (including phenoxy) is 1. The number of benzene rings is 1. The zero-order valence-corrected chi connectivity index (χ0v) is 10.6. The molecule has 100 valence electrons. The Morgan fingerprint density at radius 3 is 2.72 bits per heavy atom. The summed E-state index contributed by atoms with van der Waals surface area (Å²) in [6.07, 6.45) is -0.309. The molecular formula is C14H18F2O2. The minimum Gasteiger partial charge on any atom is -0.388 e. The molecule has 3 atom stereocenters. The van der Waals surface area contributed by atoms with Gasteiger partial charge in [0, 0.05) is 18.8 Å². The Morgan fingerprint density at radius 1 is 1.33 bits per heavy atom. The van der Waals surface area contributed by atoms with Crippen molar-refractivity contribution in [3.63, 3.8) is 0 Å². The number of halogens is 2. The lowest BCUT2D eigenvalue weighted by molar-refractivity contribution is -0.0322. The Balaban J connectivity index is 2.28. The van der Waals surface area contributed by atoms with E-state index in [4.69, 9.17) is 4.74 Å². The van der Waals surface area contributed by atoms with Gasteiger partial charge in [-0.25, -0.2) is 8.78 Å². The first-order chi connectivity index (χ1) is 8.52. The second-order valence-electron chi connectivity index (χ2n) is 5.05. The third-order valence-electron chi connectivity index (χ3n) is 3.74. The van der Waals surface area contributed by atoms with Crippen LogP contribution in [0.25, 0.3) is 0 Å². The third-order valence-corrected chi connectivity index (χ3v) is 3.74. The van der Waals surface area contributed by atoms with E-state index in [2.05, 4.69) is 0 Å². The molecule has 1 saturated heterocycles. The van der Waals surface area contributed by atoms with Crippen LogP contribution in [0.3, 0.4) is 0 Å². The molecule has 1 aliphatic heterocycles. The molecule has 0 bridgehead atoms. The van der Waals surface area contributed by atoms with Gasteiger partial charge in [0.05, 0.1) is 6.10 Å². The van der Waals surface area contributed by atoms with Crippen LogP contribution >= 0.6 is 0 Å². The molecule has 0 spiro atoms. The van der Waals surface area contributed by atoms with Gasteiger partial charge in [-0.2, -0.15) is 0 Å². The highest BCUT2D eigenvalue weighted by atomic mass is 19.2. The van der Waals surface area contributed by atoms with Crippen molar-refractivity contribution in [1.29, 1.82) is 0 Å². The molecule has 0 radical (unpaired) electrons. The summed E-state index contributed by atoms with van der Waals surface area (Å²) >= 11 is 0. The molecule has 0 saturated carbocycles. The van der Waals surface area contributed by atoms with Gasteiger partial charge in [-0.1, -0.05) is 19.1 Å². The largest absolute Gasteiger partial charge is 0.388 e. The highest BCUT2D eigenvalue weighted by molar-refractivity contribution is 5.27. The number of rotatable bonds is 2. The van der Waals surface area contributed by atoms with Crippen LogP contribution in [0, 0.1) is 30.4 Å². The van der Waals surface area contributed by atoms with Crippen molar-refractivity contribution in [3.8, 4) is 0 Å². The Bertz CT molecular complexity index is 434. The average molecular weight is 256 g/mol. The maximum Gasteiger partial charge on any atom is 0.164 e. The second kappa shape index (κ2) is 5.33. The first-order valence-corrected chi connectivity index (χ1v) is 6.22. The number of aliphatic hydroxyl groups excluding tert-OH is 1. The molecule has 1 aromatic carbocycles. The average Bonchev–Trinajstić information content (AvgIpc) is 2.36. The van der Waals surface area contributed by atoms with Crippen LogP contribution in [0.15, 0.2) is 12.1 Å². The molecule has 18 heavy (non-hydrogen) atoms. The van der Waals surface area contributed by atoms with E-state index >= 15 is 0 Å². The van der Waals surface area contributed by atoms with E-state index < -0.39 is 17.7 Å². The minimum absolute atomic E-state index is 0.0526. The highest BCUT2D eigenvalue weighted by Gasteiger charge is 2.31. The van der Waals surface area contributed by atoms with Gasteiger partial charge in [0.1, 0.15) is 0 Å². The summed E-state index contributed by atoms with van der Waals surface area (Å²) in [4.78, 5) is 0. The van der Waals surface area contributed by atoms with Crippen LogP contribution in [0.1, 0.15) is 30.6 Å². The van der Waals surface area contributed by atoms with Crippen molar-refractivity contribution in [1.82, 2.24) is 0 Å². The number of aryl methyl sites for hydroxylation is 1. The first kappa shape index (κ1) is 13.4. The van der Waals surface area contributed by atoms with Gasteiger partial charge in [0.15, 0.2) is 11.6 Å². The smallest absolute Gasteiger partial charge is 0.164 e. The molecule has 1 heterocycles. The van der Waals surface area contributed by atoms with Gasteiger partial charge in [-0.05, 0) is 30.7 Å². The van der Waals surface area contributed by atoms with Gasteiger partial charge in [0.2, 0.25) is 0 Å². The zero-order valence-electron chi connectivity index (χ0n) is 10.6. The molecule has 2 nitrogen and oxygen atoms in total. The predicted octanol–water partition coefficient (Wildman–Crippen LogP) is 2.98. The molecule has 0 amide bonds. The maximum atomic E-state index is 13.8.